The lowest BCUT2D eigenvalue weighted by molar-refractivity contribution is 0.0697. The molecule has 0 spiro atoms. The first-order valence-electron chi connectivity index (χ1n) is 6.57. The summed E-state index contributed by atoms with van der Waals surface area (Å²) in [5.74, 6) is 0.147. The van der Waals surface area contributed by atoms with E-state index < -0.39 is 5.97 Å². The van der Waals surface area contributed by atoms with Crippen molar-refractivity contribution in [3.8, 4) is 5.75 Å². The number of nitrogen functional groups attached to an aromatic ring is 1. The summed E-state index contributed by atoms with van der Waals surface area (Å²) in [5.41, 5.74) is 8.36. The molecule has 0 bridgehead atoms. The molecule has 1 fully saturated rings. The Kier molecular flexibility index (Phi) is 3.06. The van der Waals surface area contributed by atoms with Crippen molar-refractivity contribution >= 4 is 11.7 Å². The number of carboxylic acids is 1. The van der Waals surface area contributed by atoms with Crippen LogP contribution in [0, 0.1) is 0 Å². The van der Waals surface area contributed by atoms with Crippen molar-refractivity contribution in [2.24, 2.45) is 0 Å². The molecule has 5 nitrogen and oxygen atoms in total. The van der Waals surface area contributed by atoms with Gasteiger partial charge >= 0.3 is 5.97 Å². The SMILES string of the molecule is Nc1c(C(=O)O)cc(C2CCOCC2)c2c1CCO2. The number of aromatic carboxylic acids is 1. The zero-order valence-corrected chi connectivity index (χ0v) is 10.6. The van der Waals surface area contributed by atoms with E-state index in [1.165, 1.54) is 0 Å². The van der Waals surface area contributed by atoms with Gasteiger partial charge in [-0.3, -0.25) is 0 Å². The molecule has 1 aromatic carbocycles. The summed E-state index contributed by atoms with van der Waals surface area (Å²) < 4.78 is 11.0. The third kappa shape index (κ3) is 2.04. The molecular formula is C14H17NO4. The van der Waals surface area contributed by atoms with E-state index in [1.807, 2.05) is 0 Å². The van der Waals surface area contributed by atoms with Gasteiger partial charge in [0.25, 0.3) is 0 Å². The number of carboxylic acid groups (broad SMARTS) is 1. The quantitative estimate of drug-likeness (QED) is 0.795. The molecule has 2 aliphatic heterocycles. The second-order valence-corrected chi connectivity index (χ2v) is 5.02. The first-order valence-corrected chi connectivity index (χ1v) is 6.57. The van der Waals surface area contributed by atoms with E-state index in [4.69, 9.17) is 15.2 Å². The molecule has 2 heterocycles. The number of carbonyl (C=O) groups is 1. The van der Waals surface area contributed by atoms with E-state index >= 15 is 0 Å². The highest BCUT2D eigenvalue weighted by Crippen LogP contribution is 2.42. The lowest BCUT2D eigenvalue weighted by Gasteiger charge is -2.25. The van der Waals surface area contributed by atoms with Gasteiger partial charge in [0.05, 0.1) is 17.9 Å². The largest absolute Gasteiger partial charge is 0.493 e. The van der Waals surface area contributed by atoms with Gasteiger partial charge in [0.1, 0.15) is 5.75 Å². The van der Waals surface area contributed by atoms with Crippen LogP contribution in [0.4, 0.5) is 5.69 Å². The normalized spacial score (nSPS) is 18.9. The lowest BCUT2D eigenvalue weighted by atomic mass is 9.87. The van der Waals surface area contributed by atoms with Crippen molar-refractivity contribution in [3.63, 3.8) is 0 Å². The summed E-state index contributed by atoms with van der Waals surface area (Å²) in [7, 11) is 0. The van der Waals surface area contributed by atoms with Gasteiger partial charge in [0, 0.05) is 25.2 Å². The maximum atomic E-state index is 11.3. The molecule has 102 valence electrons. The summed E-state index contributed by atoms with van der Waals surface area (Å²) in [6, 6.07) is 1.69. The molecule has 1 aromatic rings. The van der Waals surface area contributed by atoms with Gasteiger partial charge in [-0.1, -0.05) is 0 Å². The van der Waals surface area contributed by atoms with E-state index in [1.54, 1.807) is 6.07 Å². The van der Waals surface area contributed by atoms with E-state index in [0.717, 1.165) is 29.7 Å². The number of nitrogens with two attached hydrogens (primary N) is 1. The monoisotopic (exact) mass is 263 g/mol. The third-order valence-corrected chi connectivity index (χ3v) is 3.94. The number of anilines is 1. The summed E-state index contributed by atoms with van der Waals surface area (Å²) in [6.07, 6.45) is 2.50. The third-order valence-electron chi connectivity index (χ3n) is 3.94. The van der Waals surface area contributed by atoms with Crippen LogP contribution in [0.3, 0.4) is 0 Å². The average molecular weight is 263 g/mol. The second kappa shape index (κ2) is 4.74. The molecule has 2 aliphatic rings. The maximum Gasteiger partial charge on any atom is 0.337 e. The molecule has 0 saturated carbocycles. The minimum Gasteiger partial charge on any atom is -0.493 e. The number of ether oxygens (including phenoxy) is 2. The van der Waals surface area contributed by atoms with Crippen molar-refractivity contribution in [1.29, 1.82) is 0 Å². The Morgan fingerprint density at radius 3 is 2.74 bits per heavy atom. The minimum atomic E-state index is -0.972. The van der Waals surface area contributed by atoms with Crippen LogP contribution in [-0.2, 0) is 11.2 Å². The Morgan fingerprint density at radius 1 is 1.32 bits per heavy atom. The fourth-order valence-electron chi connectivity index (χ4n) is 2.92. The van der Waals surface area contributed by atoms with Gasteiger partial charge in [-0.2, -0.15) is 0 Å². The summed E-state index contributed by atoms with van der Waals surface area (Å²) >= 11 is 0. The number of benzene rings is 1. The van der Waals surface area contributed by atoms with Gasteiger partial charge in [-0.25, -0.2) is 4.79 Å². The highest BCUT2D eigenvalue weighted by atomic mass is 16.5. The van der Waals surface area contributed by atoms with Gasteiger partial charge in [-0.05, 0) is 30.4 Å². The molecular weight excluding hydrogens is 246 g/mol. The fourth-order valence-corrected chi connectivity index (χ4v) is 2.92. The Hall–Kier alpha value is -1.75. The molecule has 0 aliphatic carbocycles. The Labute approximate surface area is 111 Å². The van der Waals surface area contributed by atoms with Crippen LogP contribution in [0.15, 0.2) is 6.07 Å². The molecule has 1 saturated heterocycles. The van der Waals surface area contributed by atoms with Crippen LogP contribution < -0.4 is 10.5 Å². The Morgan fingerprint density at radius 2 is 2.05 bits per heavy atom. The molecule has 3 rings (SSSR count). The predicted molar refractivity (Wildman–Crippen MR) is 69.8 cm³/mol. The van der Waals surface area contributed by atoms with Crippen molar-refractivity contribution in [1.82, 2.24) is 0 Å². The smallest absolute Gasteiger partial charge is 0.337 e. The summed E-state index contributed by atoms with van der Waals surface area (Å²) in [6.45, 7) is 2.01. The first-order chi connectivity index (χ1) is 9.18. The highest BCUT2D eigenvalue weighted by molar-refractivity contribution is 5.95. The number of fused-ring (bicyclic) bond motifs is 1. The van der Waals surface area contributed by atoms with E-state index in [9.17, 15) is 9.90 Å². The molecule has 3 N–H and O–H groups in total. The van der Waals surface area contributed by atoms with Crippen LogP contribution in [0.1, 0.15) is 40.2 Å². The van der Waals surface area contributed by atoms with Gasteiger partial charge in [-0.15, -0.1) is 0 Å². The second-order valence-electron chi connectivity index (χ2n) is 5.02. The number of hydrogen-bond donors (Lipinski definition) is 2. The van der Waals surface area contributed by atoms with E-state index in [0.29, 0.717) is 37.8 Å². The topological polar surface area (TPSA) is 81.8 Å². The van der Waals surface area contributed by atoms with Crippen molar-refractivity contribution in [2.75, 3.05) is 25.6 Å². The predicted octanol–water partition coefficient (Wildman–Crippen LogP) is 1.80. The number of hydrogen-bond acceptors (Lipinski definition) is 4. The highest BCUT2D eigenvalue weighted by Gasteiger charge is 2.29. The van der Waals surface area contributed by atoms with Crippen LogP contribution in [0.5, 0.6) is 5.75 Å². The molecule has 0 amide bonds. The standard InChI is InChI=1S/C14H17NO4/c15-12-9-3-6-19-13(9)10(7-11(12)14(16)17)8-1-4-18-5-2-8/h7-8H,1-6,15H2,(H,16,17). The molecule has 5 heteroatoms. The van der Waals surface area contributed by atoms with E-state index in [2.05, 4.69) is 0 Å². The molecule has 19 heavy (non-hydrogen) atoms. The minimum absolute atomic E-state index is 0.200. The van der Waals surface area contributed by atoms with Crippen LogP contribution in [0.25, 0.3) is 0 Å². The first kappa shape index (κ1) is 12.3. The molecule has 0 atom stereocenters. The Balaban J connectivity index is 2.10. The molecule has 0 radical (unpaired) electrons. The van der Waals surface area contributed by atoms with Crippen LogP contribution >= 0.6 is 0 Å². The van der Waals surface area contributed by atoms with Gasteiger partial charge < -0.3 is 20.3 Å². The van der Waals surface area contributed by atoms with E-state index in [-0.39, 0.29) is 5.56 Å². The summed E-state index contributed by atoms with van der Waals surface area (Å²) in [5, 5.41) is 9.27. The van der Waals surface area contributed by atoms with Crippen molar-refractivity contribution in [3.05, 3.63) is 22.8 Å². The van der Waals surface area contributed by atoms with Crippen molar-refractivity contribution < 1.29 is 19.4 Å². The maximum absolute atomic E-state index is 11.3. The molecule has 0 aromatic heterocycles. The number of rotatable bonds is 2. The Bertz CT molecular complexity index is 521. The van der Waals surface area contributed by atoms with Gasteiger partial charge in [0.2, 0.25) is 0 Å². The zero-order chi connectivity index (χ0) is 13.4. The lowest BCUT2D eigenvalue weighted by Crippen LogP contribution is -2.16. The fraction of sp³-hybridized carbons (Fsp3) is 0.500. The zero-order valence-electron chi connectivity index (χ0n) is 10.6. The average Bonchev–Trinajstić information content (AvgIpc) is 2.89. The van der Waals surface area contributed by atoms with Crippen LogP contribution in [-0.4, -0.2) is 30.9 Å². The summed E-state index contributed by atoms with van der Waals surface area (Å²) in [4.78, 5) is 11.3. The van der Waals surface area contributed by atoms with Crippen molar-refractivity contribution in [2.45, 2.75) is 25.2 Å². The molecule has 0 unspecified atom stereocenters. The van der Waals surface area contributed by atoms with Crippen LogP contribution in [0.2, 0.25) is 0 Å². The van der Waals surface area contributed by atoms with Gasteiger partial charge in [0.15, 0.2) is 0 Å².